The lowest BCUT2D eigenvalue weighted by Crippen LogP contribution is -2.39. The second-order valence-electron chi connectivity index (χ2n) is 6.15. The third-order valence-corrected chi connectivity index (χ3v) is 6.07. The Morgan fingerprint density at radius 2 is 2.00 bits per heavy atom. The first kappa shape index (κ1) is 17.7. The first-order valence-corrected chi connectivity index (χ1v) is 9.72. The molecular formula is C16H18Cl2N2O3S. The fraction of sp³-hybridized carbons (Fsp3) is 0.562. The number of amides is 1. The van der Waals surface area contributed by atoms with Gasteiger partial charge in [0.25, 0.3) is 0 Å². The van der Waals surface area contributed by atoms with Gasteiger partial charge in [0, 0.05) is 5.38 Å². The van der Waals surface area contributed by atoms with Crippen LogP contribution in [0.25, 0.3) is 0 Å². The van der Waals surface area contributed by atoms with Crippen molar-refractivity contribution in [3.63, 3.8) is 0 Å². The molecule has 2 aliphatic rings. The third kappa shape index (κ3) is 3.46. The fourth-order valence-electron chi connectivity index (χ4n) is 3.45. The van der Waals surface area contributed by atoms with E-state index < -0.39 is 23.9 Å². The van der Waals surface area contributed by atoms with E-state index in [9.17, 15) is 9.59 Å². The second-order valence-corrected chi connectivity index (χ2v) is 7.63. The topological polar surface area (TPSA) is 68.3 Å². The van der Waals surface area contributed by atoms with Gasteiger partial charge in [-0.3, -0.25) is 9.59 Å². The number of rotatable bonds is 6. The molecule has 130 valence electrons. The quantitative estimate of drug-likeness (QED) is 0.461. The van der Waals surface area contributed by atoms with E-state index in [1.54, 1.807) is 0 Å². The van der Waals surface area contributed by atoms with Crippen LogP contribution in [0.1, 0.15) is 12.1 Å². The minimum absolute atomic E-state index is 0.0302. The largest absolute Gasteiger partial charge is 0.460 e. The summed E-state index contributed by atoms with van der Waals surface area (Å²) in [5.41, 5.74) is 0.853. The van der Waals surface area contributed by atoms with Crippen molar-refractivity contribution in [2.24, 2.45) is 23.7 Å². The van der Waals surface area contributed by atoms with E-state index in [1.165, 1.54) is 11.3 Å². The van der Waals surface area contributed by atoms with Crippen molar-refractivity contribution in [1.82, 2.24) is 4.98 Å². The SMILES string of the molecule is Cc1csc(NC(=O)C2C3C=CC(C3)C2C(=O)OC(CCl)CCl)n1. The highest BCUT2D eigenvalue weighted by atomic mass is 35.5. The molecule has 0 aromatic carbocycles. The molecule has 1 aromatic rings. The predicted molar refractivity (Wildman–Crippen MR) is 94.5 cm³/mol. The predicted octanol–water partition coefficient (Wildman–Crippen LogP) is 3.22. The van der Waals surface area contributed by atoms with Crippen LogP contribution in [0.5, 0.6) is 0 Å². The number of nitrogens with one attached hydrogen (secondary N) is 1. The van der Waals surface area contributed by atoms with Crippen molar-refractivity contribution < 1.29 is 14.3 Å². The molecule has 4 unspecified atom stereocenters. The smallest absolute Gasteiger partial charge is 0.310 e. The molecule has 8 heteroatoms. The second kappa shape index (κ2) is 7.42. The highest BCUT2D eigenvalue weighted by Gasteiger charge is 2.52. The molecule has 1 fully saturated rings. The van der Waals surface area contributed by atoms with Crippen LogP contribution in [-0.4, -0.2) is 34.7 Å². The molecule has 3 rings (SSSR count). The van der Waals surface area contributed by atoms with Crippen molar-refractivity contribution in [3.05, 3.63) is 23.2 Å². The van der Waals surface area contributed by atoms with E-state index in [0.29, 0.717) is 5.13 Å². The molecule has 1 saturated carbocycles. The molecule has 1 heterocycles. The van der Waals surface area contributed by atoms with Gasteiger partial charge in [-0.15, -0.1) is 34.5 Å². The number of aromatic nitrogens is 1. The Hall–Kier alpha value is -1.11. The van der Waals surface area contributed by atoms with E-state index in [4.69, 9.17) is 27.9 Å². The number of nitrogens with zero attached hydrogens (tertiary/aromatic N) is 1. The number of aryl methyl sites for hydroxylation is 1. The number of esters is 1. The number of carbonyl (C=O) groups excluding carboxylic acids is 2. The number of fused-ring (bicyclic) bond motifs is 2. The number of anilines is 1. The van der Waals surface area contributed by atoms with Crippen LogP contribution in [0.2, 0.25) is 0 Å². The number of hydrogen-bond acceptors (Lipinski definition) is 5. The monoisotopic (exact) mass is 388 g/mol. The van der Waals surface area contributed by atoms with Crippen LogP contribution >= 0.6 is 34.5 Å². The standard InChI is InChI=1S/C16H18Cl2N2O3S/c1-8-7-24-16(19-8)20-14(21)12-9-2-3-10(4-9)13(12)15(22)23-11(5-17)6-18/h2-3,7,9-13H,4-6H2,1H3,(H,19,20,21). The first-order valence-electron chi connectivity index (χ1n) is 7.77. The Morgan fingerprint density at radius 3 is 2.58 bits per heavy atom. The van der Waals surface area contributed by atoms with Crippen molar-refractivity contribution >= 4 is 51.5 Å². The average Bonchev–Trinajstić information content (AvgIpc) is 3.27. The Kier molecular flexibility index (Phi) is 5.47. The maximum Gasteiger partial charge on any atom is 0.310 e. The van der Waals surface area contributed by atoms with Gasteiger partial charge in [-0.2, -0.15) is 0 Å². The van der Waals surface area contributed by atoms with Gasteiger partial charge in [0.1, 0.15) is 6.10 Å². The van der Waals surface area contributed by atoms with E-state index in [0.717, 1.165) is 12.1 Å². The summed E-state index contributed by atoms with van der Waals surface area (Å²) in [5, 5.41) is 5.25. The number of ether oxygens (including phenoxy) is 1. The molecule has 1 N–H and O–H groups in total. The summed E-state index contributed by atoms with van der Waals surface area (Å²) in [5.74, 6) is -1.15. The first-order chi connectivity index (χ1) is 11.5. The molecule has 0 radical (unpaired) electrons. The third-order valence-electron chi connectivity index (χ3n) is 4.51. The van der Waals surface area contributed by atoms with Crippen LogP contribution in [0.4, 0.5) is 5.13 Å². The summed E-state index contributed by atoms with van der Waals surface area (Å²) >= 11 is 12.9. The van der Waals surface area contributed by atoms with Crippen LogP contribution in [0.15, 0.2) is 17.5 Å². The maximum absolute atomic E-state index is 12.7. The summed E-state index contributed by atoms with van der Waals surface area (Å²) in [6.45, 7) is 1.87. The van der Waals surface area contributed by atoms with Gasteiger partial charge in [-0.1, -0.05) is 12.2 Å². The lowest BCUT2D eigenvalue weighted by Gasteiger charge is -2.26. The molecule has 2 bridgehead atoms. The highest BCUT2D eigenvalue weighted by Crippen LogP contribution is 2.49. The van der Waals surface area contributed by atoms with Crippen LogP contribution in [0, 0.1) is 30.6 Å². The average molecular weight is 389 g/mol. The normalized spacial score (nSPS) is 27.7. The molecule has 0 spiro atoms. The van der Waals surface area contributed by atoms with E-state index >= 15 is 0 Å². The van der Waals surface area contributed by atoms with E-state index in [2.05, 4.69) is 10.3 Å². The number of thiazole rings is 1. The highest BCUT2D eigenvalue weighted by molar-refractivity contribution is 7.13. The number of allylic oxidation sites excluding steroid dienone is 2. The van der Waals surface area contributed by atoms with Crippen LogP contribution in [0.3, 0.4) is 0 Å². The molecule has 5 nitrogen and oxygen atoms in total. The Morgan fingerprint density at radius 1 is 1.33 bits per heavy atom. The summed E-state index contributed by atoms with van der Waals surface area (Å²) in [4.78, 5) is 29.5. The van der Waals surface area contributed by atoms with Gasteiger partial charge in [-0.25, -0.2) is 4.98 Å². The van der Waals surface area contributed by atoms with E-state index in [-0.39, 0.29) is 29.5 Å². The lowest BCUT2D eigenvalue weighted by molar-refractivity contribution is -0.156. The van der Waals surface area contributed by atoms with Crippen molar-refractivity contribution in [3.8, 4) is 0 Å². The van der Waals surface area contributed by atoms with Gasteiger partial charge in [0.15, 0.2) is 5.13 Å². The van der Waals surface area contributed by atoms with Gasteiger partial charge in [0.2, 0.25) is 5.91 Å². The molecule has 2 aliphatic carbocycles. The molecule has 0 saturated heterocycles. The zero-order chi connectivity index (χ0) is 17.3. The lowest BCUT2D eigenvalue weighted by atomic mass is 9.82. The number of hydrogen-bond donors (Lipinski definition) is 1. The molecule has 4 atom stereocenters. The Balaban J connectivity index is 1.73. The Bertz CT molecular complexity index is 660. The molecule has 1 amide bonds. The van der Waals surface area contributed by atoms with Gasteiger partial charge in [-0.05, 0) is 25.2 Å². The van der Waals surface area contributed by atoms with Crippen LogP contribution in [-0.2, 0) is 14.3 Å². The minimum atomic E-state index is -0.533. The minimum Gasteiger partial charge on any atom is -0.460 e. The number of halogens is 2. The molecular weight excluding hydrogens is 371 g/mol. The molecule has 0 aliphatic heterocycles. The molecule has 24 heavy (non-hydrogen) atoms. The van der Waals surface area contributed by atoms with Gasteiger partial charge < -0.3 is 10.1 Å². The zero-order valence-corrected chi connectivity index (χ0v) is 15.4. The van der Waals surface area contributed by atoms with Gasteiger partial charge in [0.05, 0.1) is 29.3 Å². The van der Waals surface area contributed by atoms with Crippen molar-refractivity contribution in [1.29, 1.82) is 0 Å². The van der Waals surface area contributed by atoms with Gasteiger partial charge >= 0.3 is 5.97 Å². The maximum atomic E-state index is 12.7. The summed E-state index contributed by atoms with van der Waals surface area (Å²) in [7, 11) is 0. The Labute approximate surface area is 154 Å². The fourth-order valence-corrected chi connectivity index (χ4v) is 4.60. The summed E-state index contributed by atoms with van der Waals surface area (Å²) < 4.78 is 5.39. The summed E-state index contributed by atoms with van der Waals surface area (Å²) in [6.07, 6.45) is 4.28. The van der Waals surface area contributed by atoms with E-state index in [1.807, 2.05) is 24.5 Å². The van der Waals surface area contributed by atoms with Crippen LogP contribution < -0.4 is 5.32 Å². The van der Waals surface area contributed by atoms with Crippen molar-refractivity contribution in [2.75, 3.05) is 17.1 Å². The molecule has 1 aromatic heterocycles. The number of carbonyl (C=O) groups is 2. The summed E-state index contributed by atoms with van der Waals surface area (Å²) in [6, 6.07) is 0. The zero-order valence-electron chi connectivity index (χ0n) is 13.1. The van der Waals surface area contributed by atoms with Crippen molar-refractivity contribution in [2.45, 2.75) is 19.4 Å². The number of alkyl halides is 2.